The van der Waals surface area contributed by atoms with Crippen molar-refractivity contribution in [1.29, 1.82) is 0 Å². The third kappa shape index (κ3) is 3.89. The Hall–Kier alpha value is -2.48. The Bertz CT molecular complexity index is 1190. The maximum absolute atomic E-state index is 15.1. The molecule has 1 N–H and O–H groups in total. The second-order valence-corrected chi connectivity index (χ2v) is 10.9. The van der Waals surface area contributed by atoms with Crippen LogP contribution in [0.3, 0.4) is 0 Å². The fourth-order valence-electron chi connectivity index (χ4n) is 4.62. The number of nitrogens with one attached hydrogen (secondary N) is 1. The summed E-state index contributed by atoms with van der Waals surface area (Å²) in [6.07, 6.45) is 4.98. The fourth-order valence-corrected chi connectivity index (χ4v) is 7.13. The van der Waals surface area contributed by atoms with Crippen molar-refractivity contribution in [3.63, 3.8) is 0 Å². The molecule has 2 atom stereocenters. The van der Waals surface area contributed by atoms with E-state index in [2.05, 4.69) is 20.1 Å². The molecule has 1 aliphatic carbocycles. The summed E-state index contributed by atoms with van der Waals surface area (Å²) in [5.41, 5.74) is 0.775. The lowest BCUT2D eigenvalue weighted by Crippen LogP contribution is -2.50. The van der Waals surface area contributed by atoms with E-state index in [1.165, 1.54) is 12.4 Å². The molecule has 1 saturated carbocycles. The number of rotatable bonds is 6. The van der Waals surface area contributed by atoms with E-state index in [4.69, 9.17) is 22.9 Å². The van der Waals surface area contributed by atoms with E-state index in [1.54, 1.807) is 16.4 Å². The number of benzene rings is 1. The zero-order valence-corrected chi connectivity index (χ0v) is 18.6. The Balaban J connectivity index is 1.30. The molecule has 5 rings (SSSR count). The van der Waals surface area contributed by atoms with E-state index < -0.39 is 15.8 Å². The van der Waals surface area contributed by atoms with Gasteiger partial charge in [-0.25, -0.2) is 18.2 Å². The van der Waals surface area contributed by atoms with Crippen LogP contribution in [0.1, 0.15) is 38.5 Å². The number of piperidine rings is 1. The summed E-state index contributed by atoms with van der Waals surface area (Å²) in [5, 5.41) is 2.85. The van der Waals surface area contributed by atoms with Gasteiger partial charge in [0, 0.05) is 24.9 Å². The Morgan fingerprint density at radius 1 is 1.19 bits per heavy atom. The number of anilines is 2. The molecule has 32 heavy (non-hydrogen) atoms. The molecule has 2 bridgehead atoms. The molecule has 8 nitrogen and oxygen atoms in total. The molecule has 1 aromatic carbocycles. The number of ether oxygens (including phenoxy) is 1. The monoisotopic (exact) mass is 477 g/mol. The van der Waals surface area contributed by atoms with E-state index >= 15 is 4.39 Å². The smallest absolute Gasteiger partial charge is 0.256 e. The molecule has 0 spiro atoms. The number of nitrogens with zero attached hydrogens (tertiary/aromatic N) is 4. The highest BCUT2D eigenvalue weighted by Gasteiger charge is 2.52. The van der Waals surface area contributed by atoms with Crippen LogP contribution in [0.5, 0.6) is 5.88 Å². The molecule has 168 valence electrons. The molecule has 3 aliphatic rings. The average Bonchev–Trinajstić information content (AvgIpc) is 3.58. The molecule has 2 saturated heterocycles. The van der Waals surface area contributed by atoms with Crippen molar-refractivity contribution in [2.45, 2.75) is 62.0 Å². The second-order valence-electron chi connectivity index (χ2n) is 8.41. The van der Waals surface area contributed by atoms with E-state index in [9.17, 15) is 8.42 Å². The van der Waals surface area contributed by atoms with Gasteiger partial charge < -0.3 is 10.1 Å². The van der Waals surface area contributed by atoms with Gasteiger partial charge in [-0.2, -0.15) is 13.7 Å². The summed E-state index contributed by atoms with van der Waals surface area (Å²) in [7, 11) is -3.24. The van der Waals surface area contributed by atoms with Crippen molar-refractivity contribution in [3.05, 3.63) is 46.8 Å². The maximum atomic E-state index is 15.1. The zero-order chi connectivity index (χ0) is 22.5. The molecule has 0 radical (unpaired) electrons. The van der Waals surface area contributed by atoms with Crippen LogP contribution >= 0.6 is 11.6 Å². The molecule has 1 aromatic heterocycles. The van der Waals surface area contributed by atoms with Crippen molar-refractivity contribution >= 4 is 38.8 Å². The summed E-state index contributed by atoms with van der Waals surface area (Å²) >= 11 is 6.17. The first-order chi connectivity index (χ1) is 15.4. The fraction of sp³-hybridized carbons (Fsp3) is 0.476. The van der Waals surface area contributed by atoms with Gasteiger partial charge in [-0.3, -0.25) is 0 Å². The quantitative estimate of drug-likeness (QED) is 0.619. The largest absolute Gasteiger partial charge is 0.472 e. The van der Waals surface area contributed by atoms with Crippen molar-refractivity contribution < 1.29 is 17.5 Å². The van der Waals surface area contributed by atoms with Gasteiger partial charge in [-0.15, -0.1) is 0 Å². The summed E-state index contributed by atoms with van der Waals surface area (Å²) in [4.78, 5) is 11.2. The van der Waals surface area contributed by atoms with Crippen LogP contribution in [0.15, 0.2) is 24.5 Å². The van der Waals surface area contributed by atoms with Gasteiger partial charge in [0.1, 0.15) is 12.4 Å². The number of sulfonamides is 1. The van der Waals surface area contributed by atoms with Crippen LogP contribution in [0, 0.1) is 12.4 Å². The van der Waals surface area contributed by atoms with Crippen LogP contribution in [0.4, 0.5) is 21.6 Å². The van der Waals surface area contributed by atoms with Gasteiger partial charge in [0.2, 0.25) is 15.8 Å². The Morgan fingerprint density at radius 3 is 2.53 bits per heavy atom. The SMILES string of the molecule is [C-]#[N+]c1ccc(Nc2ncnc(OC3CC4CCC(C3)N4S(=O)(=O)C3CC3)c2F)c(Cl)c1. The third-order valence-electron chi connectivity index (χ3n) is 6.23. The summed E-state index contributed by atoms with van der Waals surface area (Å²) in [6, 6.07) is 4.41. The van der Waals surface area contributed by atoms with E-state index in [0.717, 1.165) is 25.7 Å². The lowest BCUT2D eigenvalue weighted by Gasteiger charge is -2.37. The van der Waals surface area contributed by atoms with Crippen LogP contribution in [0.25, 0.3) is 4.85 Å². The third-order valence-corrected chi connectivity index (χ3v) is 9.04. The topological polar surface area (TPSA) is 88.8 Å². The highest BCUT2D eigenvalue weighted by molar-refractivity contribution is 7.90. The van der Waals surface area contributed by atoms with E-state index in [1.807, 2.05) is 0 Å². The Kier molecular flexibility index (Phi) is 5.43. The Morgan fingerprint density at radius 2 is 1.91 bits per heavy atom. The normalized spacial score (nSPS) is 25.3. The number of halogens is 2. The van der Waals surface area contributed by atoms with Crippen LogP contribution < -0.4 is 10.1 Å². The Labute approximate surface area is 190 Å². The molecular formula is C21H21ClFN5O3S. The van der Waals surface area contributed by atoms with Gasteiger partial charge in [0.05, 0.1) is 22.5 Å². The molecule has 3 fully saturated rings. The van der Waals surface area contributed by atoms with Crippen molar-refractivity contribution in [3.8, 4) is 5.88 Å². The number of hydrogen-bond acceptors (Lipinski definition) is 6. The van der Waals surface area contributed by atoms with Gasteiger partial charge in [0.15, 0.2) is 11.5 Å². The molecule has 2 aromatic rings. The minimum Gasteiger partial charge on any atom is -0.472 e. The highest BCUT2D eigenvalue weighted by atomic mass is 35.5. The predicted molar refractivity (Wildman–Crippen MR) is 117 cm³/mol. The van der Waals surface area contributed by atoms with Crippen LogP contribution in [-0.4, -0.2) is 46.1 Å². The first-order valence-electron chi connectivity index (χ1n) is 10.5. The van der Waals surface area contributed by atoms with E-state index in [0.29, 0.717) is 24.2 Å². The molecular weight excluding hydrogens is 457 g/mol. The minimum absolute atomic E-state index is 0.0934. The lowest BCUT2D eigenvalue weighted by molar-refractivity contribution is 0.0878. The lowest BCUT2D eigenvalue weighted by atomic mass is 10.0. The van der Waals surface area contributed by atoms with Crippen LogP contribution in [0.2, 0.25) is 5.02 Å². The standard InChI is InChI=1S/C21H21ClFN5O3S/c1-24-12-2-7-18(17(22)8-12)27-20-19(23)21(26-11-25-20)31-15-9-13-3-4-14(10-15)28(13)32(29,30)16-5-6-16/h2,7-8,11,13-16H,3-6,9-10H2,(H,25,26,27). The summed E-state index contributed by atoms with van der Waals surface area (Å²) in [5.74, 6) is -1.03. The minimum atomic E-state index is -3.24. The van der Waals surface area contributed by atoms with E-state index in [-0.39, 0.29) is 40.2 Å². The predicted octanol–water partition coefficient (Wildman–Crippen LogP) is 4.43. The maximum Gasteiger partial charge on any atom is 0.256 e. The first-order valence-corrected chi connectivity index (χ1v) is 12.4. The van der Waals surface area contributed by atoms with Crippen molar-refractivity contribution in [1.82, 2.24) is 14.3 Å². The number of aromatic nitrogens is 2. The average molecular weight is 478 g/mol. The molecule has 2 unspecified atom stereocenters. The van der Waals surface area contributed by atoms with Crippen molar-refractivity contribution in [2.24, 2.45) is 0 Å². The highest BCUT2D eigenvalue weighted by Crippen LogP contribution is 2.43. The van der Waals surface area contributed by atoms with Gasteiger partial charge in [-0.05, 0) is 37.8 Å². The molecule has 3 heterocycles. The summed E-state index contributed by atoms with van der Waals surface area (Å²) < 4.78 is 48.2. The second kappa shape index (κ2) is 8.14. The van der Waals surface area contributed by atoms with Gasteiger partial charge in [-0.1, -0.05) is 17.7 Å². The van der Waals surface area contributed by atoms with Gasteiger partial charge >= 0.3 is 0 Å². The number of fused-ring (bicyclic) bond motifs is 2. The van der Waals surface area contributed by atoms with Crippen LogP contribution in [-0.2, 0) is 10.0 Å². The first kappa shape index (κ1) is 21.4. The van der Waals surface area contributed by atoms with Crippen molar-refractivity contribution in [2.75, 3.05) is 5.32 Å². The molecule has 0 amide bonds. The van der Waals surface area contributed by atoms with Gasteiger partial charge in [0.25, 0.3) is 5.88 Å². The molecule has 11 heteroatoms. The molecule has 2 aliphatic heterocycles. The number of hydrogen-bond donors (Lipinski definition) is 1. The summed E-state index contributed by atoms with van der Waals surface area (Å²) in [6.45, 7) is 7.03. The zero-order valence-electron chi connectivity index (χ0n) is 17.0.